The van der Waals surface area contributed by atoms with Gasteiger partial charge in [0.2, 0.25) is 0 Å². The zero-order valence-corrected chi connectivity index (χ0v) is 10.4. The molecule has 0 radical (unpaired) electrons. The number of fused-ring (bicyclic) bond motifs is 2. The van der Waals surface area contributed by atoms with E-state index in [0.29, 0.717) is 6.04 Å². The first kappa shape index (κ1) is 11.0. The van der Waals surface area contributed by atoms with E-state index in [4.69, 9.17) is 0 Å². The molecule has 5 atom stereocenters. The van der Waals surface area contributed by atoms with Gasteiger partial charge in [0.1, 0.15) is 0 Å². The molecule has 3 saturated carbocycles. The zero-order chi connectivity index (χ0) is 11.1. The minimum absolute atomic E-state index is 0.0522. The average molecular weight is 223 g/mol. The highest BCUT2D eigenvalue weighted by molar-refractivity contribution is 4.93. The predicted octanol–water partition coefficient (Wildman–Crippen LogP) is 2.27. The van der Waals surface area contributed by atoms with Crippen LogP contribution in [0.1, 0.15) is 44.9 Å². The van der Waals surface area contributed by atoms with E-state index in [1.807, 2.05) is 0 Å². The molecule has 3 aliphatic rings. The third-order valence-electron chi connectivity index (χ3n) is 5.42. The van der Waals surface area contributed by atoms with Gasteiger partial charge in [-0.15, -0.1) is 0 Å². The lowest BCUT2D eigenvalue weighted by Crippen LogP contribution is -2.41. The highest BCUT2D eigenvalue weighted by atomic mass is 16.3. The van der Waals surface area contributed by atoms with E-state index in [9.17, 15) is 5.11 Å². The minimum atomic E-state index is -0.0522. The molecule has 3 fully saturated rings. The molecule has 2 bridgehead atoms. The number of likely N-dealkylation sites (N-methyl/N-ethyl adjacent to an activating group) is 1. The molecular weight excluding hydrogens is 198 g/mol. The van der Waals surface area contributed by atoms with Gasteiger partial charge in [-0.25, -0.2) is 0 Å². The van der Waals surface area contributed by atoms with Crippen molar-refractivity contribution in [1.82, 2.24) is 4.90 Å². The summed E-state index contributed by atoms with van der Waals surface area (Å²) in [7, 11) is 2.23. The number of aliphatic hydroxyl groups is 1. The summed E-state index contributed by atoms with van der Waals surface area (Å²) in [4.78, 5) is 2.46. The van der Waals surface area contributed by atoms with Gasteiger partial charge >= 0.3 is 0 Å². The average Bonchev–Trinajstić information content (AvgIpc) is 2.92. The third-order valence-corrected chi connectivity index (χ3v) is 5.42. The predicted molar refractivity (Wildman–Crippen MR) is 65.2 cm³/mol. The summed E-state index contributed by atoms with van der Waals surface area (Å²) in [5.41, 5.74) is 0. The highest BCUT2D eigenvalue weighted by Crippen LogP contribution is 2.48. The number of hydrogen-bond donors (Lipinski definition) is 1. The summed E-state index contributed by atoms with van der Waals surface area (Å²) in [6, 6.07) is 0.458. The van der Waals surface area contributed by atoms with E-state index >= 15 is 0 Å². The van der Waals surface area contributed by atoms with Crippen molar-refractivity contribution in [3.05, 3.63) is 0 Å². The molecular formula is C14H25NO. The summed E-state index contributed by atoms with van der Waals surface area (Å²) in [6.45, 7) is 1.24. The molecule has 16 heavy (non-hydrogen) atoms. The minimum Gasteiger partial charge on any atom is -0.391 e. The van der Waals surface area contributed by atoms with Crippen molar-refractivity contribution in [2.75, 3.05) is 13.6 Å². The number of aliphatic hydroxyl groups excluding tert-OH is 1. The van der Waals surface area contributed by atoms with Crippen molar-refractivity contribution in [2.45, 2.75) is 57.1 Å². The number of hydrogen-bond acceptors (Lipinski definition) is 2. The fourth-order valence-electron chi connectivity index (χ4n) is 4.54. The molecule has 0 spiro atoms. The van der Waals surface area contributed by atoms with Crippen LogP contribution in [-0.2, 0) is 0 Å². The summed E-state index contributed by atoms with van der Waals surface area (Å²) in [6.07, 6.45) is 9.34. The van der Waals surface area contributed by atoms with Crippen LogP contribution in [0.4, 0.5) is 0 Å². The number of rotatable bonds is 3. The van der Waals surface area contributed by atoms with Gasteiger partial charge in [-0.2, -0.15) is 0 Å². The maximum Gasteiger partial charge on any atom is 0.0695 e. The van der Waals surface area contributed by atoms with Crippen LogP contribution in [-0.4, -0.2) is 35.7 Å². The largest absolute Gasteiger partial charge is 0.391 e. The molecule has 2 nitrogen and oxygen atoms in total. The molecule has 5 unspecified atom stereocenters. The molecule has 0 aromatic heterocycles. The van der Waals surface area contributed by atoms with Gasteiger partial charge in [0, 0.05) is 12.6 Å². The van der Waals surface area contributed by atoms with Gasteiger partial charge in [0.05, 0.1) is 6.10 Å². The van der Waals surface area contributed by atoms with Gasteiger partial charge < -0.3 is 10.0 Å². The molecule has 0 heterocycles. The Balaban J connectivity index is 1.54. The summed E-state index contributed by atoms with van der Waals surface area (Å²) >= 11 is 0. The fourth-order valence-corrected chi connectivity index (χ4v) is 4.54. The van der Waals surface area contributed by atoms with Crippen LogP contribution < -0.4 is 0 Å². The first-order valence-electron chi connectivity index (χ1n) is 7.12. The Morgan fingerprint density at radius 2 is 2.00 bits per heavy atom. The quantitative estimate of drug-likeness (QED) is 0.793. The summed E-state index contributed by atoms with van der Waals surface area (Å²) < 4.78 is 0. The molecule has 3 rings (SSSR count). The lowest BCUT2D eigenvalue weighted by molar-refractivity contribution is 0.0705. The Hall–Kier alpha value is -0.0800. The van der Waals surface area contributed by atoms with Crippen LogP contribution in [0.15, 0.2) is 0 Å². The van der Waals surface area contributed by atoms with Crippen molar-refractivity contribution in [2.24, 2.45) is 17.8 Å². The van der Waals surface area contributed by atoms with Crippen LogP contribution in [0.25, 0.3) is 0 Å². The molecule has 2 heteroatoms. The van der Waals surface area contributed by atoms with Crippen molar-refractivity contribution >= 4 is 0 Å². The Kier molecular flexibility index (Phi) is 2.97. The lowest BCUT2D eigenvalue weighted by atomic mass is 9.88. The lowest BCUT2D eigenvalue weighted by Gasteiger charge is -2.32. The van der Waals surface area contributed by atoms with Crippen LogP contribution in [0.3, 0.4) is 0 Å². The highest BCUT2D eigenvalue weighted by Gasteiger charge is 2.40. The number of nitrogens with zero attached hydrogens (tertiary/aromatic N) is 1. The Morgan fingerprint density at radius 3 is 2.56 bits per heavy atom. The van der Waals surface area contributed by atoms with Crippen molar-refractivity contribution < 1.29 is 5.11 Å². The fraction of sp³-hybridized carbons (Fsp3) is 1.00. The Morgan fingerprint density at radius 1 is 1.12 bits per heavy atom. The van der Waals surface area contributed by atoms with E-state index in [0.717, 1.165) is 24.2 Å². The van der Waals surface area contributed by atoms with Crippen LogP contribution in [0.2, 0.25) is 0 Å². The molecule has 92 valence electrons. The van der Waals surface area contributed by atoms with Gasteiger partial charge in [-0.3, -0.25) is 0 Å². The van der Waals surface area contributed by atoms with Crippen LogP contribution >= 0.6 is 0 Å². The topological polar surface area (TPSA) is 23.5 Å². The first-order valence-corrected chi connectivity index (χ1v) is 7.12. The molecule has 3 aliphatic carbocycles. The van der Waals surface area contributed by atoms with Gasteiger partial charge in [-0.05, 0) is 63.3 Å². The van der Waals surface area contributed by atoms with Gasteiger partial charge in [0.25, 0.3) is 0 Å². The maximum atomic E-state index is 9.92. The second kappa shape index (κ2) is 4.30. The molecule has 0 saturated heterocycles. The Bertz CT molecular complexity index is 255. The SMILES string of the molecule is CN(CC1CC2CCC1C2)C1CCCC1O. The van der Waals surface area contributed by atoms with E-state index in [1.165, 1.54) is 45.1 Å². The normalized spacial score (nSPS) is 47.1. The molecule has 0 aromatic carbocycles. The van der Waals surface area contributed by atoms with Crippen molar-refractivity contribution in [3.8, 4) is 0 Å². The van der Waals surface area contributed by atoms with Crippen LogP contribution in [0.5, 0.6) is 0 Å². The van der Waals surface area contributed by atoms with Crippen molar-refractivity contribution in [3.63, 3.8) is 0 Å². The zero-order valence-electron chi connectivity index (χ0n) is 10.4. The smallest absolute Gasteiger partial charge is 0.0695 e. The van der Waals surface area contributed by atoms with Gasteiger partial charge in [-0.1, -0.05) is 6.42 Å². The summed E-state index contributed by atoms with van der Waals surface area (Å²) in [5.74, 6) is 3.01. The van der Waals surface area contributed by atoms with Crippen molar-refractivity contribution in [1.29, 1.82) is 0 Å². The first-order chi connectivity index (χ1) is 7.74. The summed E-state index contributed by atoms with van der Waals surface area (Å²) in [5, 5.41) is 9.92. The maximum absolute atomic E-state index is 9.92. The second-order valence-electron chi connectivity index (χ2n) is 6.44. The second-order valence-corrected chi connectivity index (χ2v) is 6.44. The van der Waals surface area contributed by atoms with E-state index < -0.39 is 0 Å². The van der Waals surface area contributed by atoms with Gasteiger partial charge in [0.15, 0.2) is 0 Å². The molecule has 0 aliphatic heterocycles. The van der Waals surface area contributed by atoms with E-state index in [2.05, 4.69) is 11.9 Å². The third kappa shape index (κ3) is 1.91. The molecule has 0 aromatic rings. The van der Waals surface area contributed by atoms with E-state index in [-0.39, 0.29) is 6.10 Å². The molecule has 0 amide bonds. The van der Waals surface area contributed by atoms with E-state index in [1.54, 1.807) is 0 Å². The molecule has 1 N–H and O–H groups in total. The Labute approximate surface area is 99.0 Å². The van der Waals surface area contributed by atoms with Crippen LogP contribution in [0, 0.1) is 17.8 Å². The monoisotopic (exact) mass is 223 g/mol. The standard InChI is InChI=1S/C14H25NO/c1-15(13-3-2-4-14(13)16)9-12-8-10-5-6-11(12)7-10/h10-14,16H,2-9H2,1H3.